The summed E-state index contributed by atoms with van der Waals surface area (Å²) >= 11 is 0. The van der Waals surface area contributed by atoms with E-state index in [-0.39, 0.29) is 11.9 Å². The van der Waals surface area contributed by atoms with Gasteiger partial charge in [0.2, 0.25) is 0 Å². The number of carbonyl (C=O) groups is 1. The fraction of sp³-hybridized carbons (Fsp3) is 0.105. The highest BCUT2D eigenvalue weighted by atomic mass is 32.2. The van der Waals surface area contributed by atoms with Gasteiger partial charge in [-0.15, -0.1) is 0 Å². The summed E-state index contributed by atoms with van der Waals surface area (Å²) in [5.41, 5.74) is 2.02. The number of benzene rings is 2. The second-order valence-electron chi connectivity index (χ2n) is 5.53. The molecule has 2 aromatic carbocycles. The van der Waals surface area contributed by atoms with Crippen molar-refractivity contribution < 1.29 is 13.7 Å². The van der Waals surface area contributed by atoms with Crippen molar-refractivity contribution in [3.63, 3.8) is 0 Å². The van der Waals surface area contributed by atoms with Gasteiger partial charge >= 0.3 is 6.01 Å². The van der Waals surface area contributed by atoms with Crippen molar-refractivity contribution in [3.8, 4) is 11.8 Å². The normalized spacial score (nSPS) is 11.6. The SMILES string of the molecule is C[S@@](=O)Cc1cccc(C(=O)Nc2ccc(Oc3ncccn3)cc2)c1. The van der Waals surface area contributed by atoms with Crippen molar-refractivity contribution in [3.05, 3.63) is 78.1 Å². The first-order valence-electron chi connectivity index (χ1n) is 7.85. The van der Waals surface area contributed by atoms with Gasteiger partial charge in [0.15, 0.2) is 0 Å². The Morgan fingerprint density at radius 3 is 2.50 bits per heavy atom. The van der Waals surface area contributed by atoms with Gasteiger partial charge in [-0.25, -0.2) is 9.97 Å². The smallest absolute Gasteiger partial charge is 0.321 e. The van der Waals surface area contributed by atoms with Gasteiger partial charge in [-0.3, -0.25) is 9.00 Å². The maximum Gasteiger partial charge on any atom is 0.321 e. The minimum atomic E-state index is -0.951. The van der Waals surface area contributed by atoms with Crippen molar-refractivity contribution in [2.75, 3.05) is 11.6 Å². The molecule has 0 aliphatic rings. The van der Waals surface area contributed by atoms with E-state index < -0.39 is 10.8 Å². The van der Waals surface area contributed by atoms with Crippen molar-refractivity contribution in [1.82, 2.24) is 9.97 Å². The van der Waals surface area contributed by atoms with Crippen LogP contribution in [0.3, 0.4) is 0 Å². The standard InChI is InChI=1S/C19H17N3O3S/c1-26(24)13-14-4-2-5-15(12-14)18(23)22-16-6-8-17(9-7-16)25-19-20-10-3-11-21-19/h2-12H,13H2,1H3,(H,22,23)/t26-/m1/s1. The average molecular weight is 367 g/mol. The van der Waals surface area contributed by atoms with E-state index in [1.54, 1.807) is 67.2 Å². The summed E-state index contributed by atoms with van der Waals surface area (Å²) in [6, 6.07) is 16.0. The van der Waals surface area contributed by atoms with E-state index >= 15 is 0 Å². The van der Waals surface area contributed by atoms with Crippen molar-refractivity contribution in [1.29, 1.82) is 0 Å². The van der Waals surface area contributed by atoms with E-state index in [9.17, 15) is 9.00 Å². The Morgan fingerprint density at radius 1 is 1.08 bits per heavy atom. The van der Waals surface area contributed by atoms with Crippen molar-refractivity contribution in [2.45, 2.75) is 5.75 Å². The molecule has 0 saturated carbocycles. The number of nitrogens with zero attached hydrogens (tertiary/aromatic N) is 2. The van der Waals surface area contributed by atoms with E-state index in [1.807, 2.05) is 6.07 Å². The summed E-state index contributed by atoms with van der Waals surface area (Å²) in [5.74, 6) is 0.768. The number of rotatable bonds is 6. The molecule has 0 fully saturated rings. The van der Waals surface area contributed by atoms with Crippen molar-refractivity contribution in [2.24, 2.45) is 0 Å². The summed E-state index contributed by atoms with van der Waals surface area (Å²) in [6.07, 6.45) is 4.83. The average Bonchev–Trinajstić information content (AvgIpc) is 2.64. The Morgan fingerprint density at radius 2 is 1.81 bits per heavy atom. The molecule has 0 saturated heterocycles. The van der Waals surface area contributed by atoms with Crippen LogP contribution in [0.4, 0.5) is 5.69 Å². The van der Waals surface area contributed by atoms with Crippen LogP contribution in [0.5, 0.6) is 11.8 Å². The number of hydrogen-bond acceptors (Lipinski definition) is 5. The molecule has 1 N–H and O–H groups in total. The molecule has 1 amide bonds. The highest BCUT2D eigenvalue weighted by Gasteiger charge is 2.08. The Bertz CT molecular complexity index is 915. The van der Waals surface area contributed by atoms with Gasteiger partial charge in [0.1, 0.15) is 5.75 Å². The van der Waals surface area contributed by atoms with Crippen LogP contribution < -0.4 is 10.1 Å². The van der Waals surface area contributed by atoms with Gasteiger partial charge in [0.25, 0.3) is 5.91 Å². The highest BCUT2D eigenvalue weighted by Crippen LogP contribution is 2.20. The number of ether oxygens (including phenoxy) is 1. The van der Waals surface area contributed by atoms with Crippen LogP contribution in [0.15, 0.2) is 67.0 Å². The molecule has 0 unspecified atom stereocenters. The number of nitrogens with one attached hydrogen (secondary N) is 1. The molecule has 0 bridgehead atoms. The maximum absolute atomic E-state index is 12.4. The largest absolute Gasteiger partial charge is 0.424 e. The molecule has 26 heavy (non-hydrogen) atoms. The van der Waals surface area contributed by atoms with Gasteiger partial charge < -0.3 is 10.1 Å². The molecule has 6 nitrogen and oxygen atoms in total. The van der Waals surface area contributed by atoms with E-state index in [0.29, 0.717) is 22.8 Å². The summed E-state index contributed by atoms with van der Waals surface area (Å²) in [6.45, 7) is 0. The predicted octanol–water partition coefficient (Wildman–Crippen LogP) is 3.40. The monoisotopic (exact) mass is 367 g/mol. The first kappa shape index (κ1) is 17.8. The zero-order chi connectivity index (χ0) is 18.4. The number of amides is 1. The van der Waals surface area contributed by atoms with Gasteiger partial charge in [0, 0.05) is 46.5 Å². The molecule has 0 spiro atoms. The lowest BCUT2D eigenvalue weighted by Gasteiger charge is -2.08. The Labute approximate surface area is 153 Å². The van der Waals surface area contributed by atoms with Crippen LogP contribution in [0.25, 0.3) is 0 Å². The lowest BCUT2D eigenvalue weighted by Crippen LogP contribution is -2.12. The summed E-state index contributed by atoms with van der Waals surface area (Å²) in [5, 5.41) is 2.83. The molecule has 1 atom stereocenters. The zero-order valence-electron chi connectivity index (χ0n) is 14.1. The molecule has 3 rings (SSSR count). The van der Waals surface area contributed by atoms with E-state index in [4.69, 9.17) is 4.74 Å². The van der Waals surface area contributed by atoms with Gasteiger partial charge in [0.05, 0.1) is 0 Å². The Kier molecular flexibility index (Phi) is 5.70. The molecule has 7 heteroatoms. The van der Waals surface area contributed by atoms with Crippen LogP contribution in [0.1, 0.15) is 15.9 Å². The highest BCUT2D eigenvalue weighted by molar-refractivity contribution is 7.83. The molecule has 3 aromatic rings. The lowest BCUT2D eigenvalue weighted by atomic mass is 10.1. The lowest BCUT2D eigenvalue weighted by molar-refractivity contribution is 0.102. The predicted molar refractivity (Wildman–Crippen MR) is 101 cm³/mol. The molecule has 132 valence electrons. The van der Waals surface area contributed by atoms with Gasteiger partial charge in [-0.1, -0.05) is 12.1 Å². The molecule has 0 aliphatic carbocycles. The zero-order valence-corrected chi connectivity index (χ0v) is 14.9. The summed E-state index contributed by atoms with van der Waals surface area (Å²) < 4.78 is 16.8. The second-order valence-corrected chi connectivity index (χ2v) is 6.96. The molecular weight excluding hydrogens is 350 g/mol. The van der Waals surface area contributed by atoms with Crippen LogP contribution in [0, 0.1) is 0 Å². The first-order chi connectivity index (χ1) is 12.6. The van der Waals surface area contributed by atoms with E-state index in [1.165, 1.54) is 0 Å². The van der Waals surface area contributed by atoms with Crippen LogP contribution >= 0.6 is 0 Å². The second kappa shape index (κ2) is 8.35. The number of carbonyl (C=O) groups excluding carboxylic acids is 1. The number of hydrogen-bond donors (Lipinski definition) is 1. The third kappa shape index (κ3) is 4.97. The van der Waals surface area contributed by atoms with E-state index in [0.717, 1.165) is 5.56 Å². The fourth-order valence-electron chi connectivity index (χ4n) is 2.29. The molecule has 0 radical (unpaired) electrons. The first-order valence-corrected chi connectivity index (χ1v) is 9.58. The topological polar surface area (TPSA) is 81.2 Å². The van der Waals surface area contributed by atoms with Crippen molar-refractivity contribution >= 4 is 22.4 Å². The minimum Gasteiger partial charge on any atom is -0.424 e. The van der Waals surface area contributed by atoms with Crippen LogP contribution in [-0.2, 0) is 16.6 Å². The van der Waals surface area contributed by atoms with Gasteiger partial charge in [-0.2, -0.15) is 0 Å². The number of aromatic nitrogens is 2. The quantitative estimate of drug-likeness (QED) is 0.722. The van der Waals surface area contributed by atoms with E-state index in [2.05, 4.69) is 15.3 Å². The summed E-state index contributed by atoms with van der Waals surface area (Å²) in [7, 11) is -0.951. The molecule has 0 aliphatic heterocycles. The third-order valence-electron chi connectivity index (χ3n) is 3.42. The molecular formula is C19H17N3O3S. The Balaban J connectivity index is 1.65. The number of anilines is 1. The molecule has 1 aromatic heterocycles. The Hall–Kier alpha value is -3.06. The van der Waals surface area contributed by atoms with Gasteiger partial charge in [-0.05, 0) is 48.0 Å². The molecule has 1 heterocycles. The minimum absolute atomic E-state index is 0.228. The maximum atomic E-state index is 12.4. The van der Waals surface area contributed by atoms with Crippen LogP contribution in [0.2, 0.25) is 0 Å². The van der Waals surface area contributed by atoms with Crippen LogP contribution in [-0.4, -0.2) is 26.3 Å². The third-order valence-corrected chi connectivity index (χ3v) is 4.16. The summed E-state index contributed by atoms with van der Waals surface area (Å²) in [4.78, 5) is 20.4. The fourth-order valence-corrected chi connectivity index (χ4v) is 2.94.